The van der Waals surface area contributed by atoms with Crippen LogP contribution in [0.5, 0.6) is 0 Å². The number of amides is 1. The highest BCUT2D eigenvalue weighted by molar-refractivity contribution is 7.89. The van der Waals surface area contributed by atoms with E-state index < -0.39 is 10.0 Å². The van der Waals surface area contributed by atoms with Crippen molar-refractivity contribution in [3.8, 4) is 0 Å². The second kappa shape index (κ2) is 7.66. The Bertz CT molecular complexity index is 703. The Hall–Kier alpha value is -1.40. The van der Waals surface area contributed by atoms with Crippen molar-refractivity contribution < 1.29 is 13.2 Å². The molecule has 1 saturated heterocycles. The van der Waals surface area contributed by atoms with Gasteiger partial charge in [0.15, 0.2) is 0 Å². The van der Waals surface area contributed by atoms with Crippen LogP contribution in [0.3, 0.4) is 0 Å². The summed E-state index contributed by atoms with van der Waals surface area (Å²) in [5, 5.41) is 0. The number of benzene rings is 1. The zero-order valence-corrected chi connectivity index (χ0v) is 15.9. The fourth-order valence-corrected chi connectivity index (χ4v) is 4.27. The van der Waals surface area contributed by atoms with Crippen molar-refractivity contribution >= 4 is 15.9 Å². The van der Waals surface area contributed by atoms with Gasteiger partial charge in [-0.1, -0.05) is 19.3 Å². The molecule has 0 atom stereocenters. The van der Waals surface area contributed by atoms with Gasteiger partial charge in [-0.2, -0.15) is 0 Å². The number of likely N-dealkylation sites (tertiary alicyclic amines) is 1. The van der Waals surface area contributed by atoms with Crippen molar-refractivity contribution in [1.82, 2.24) is 9.21 Å². The Kier molecular flexibility index (Phi) is 6.04. The third kappa shape index (κ3) is 3.98. The molecule has 0 N–H and O–H groups in total. The first-order valence-electron chi connectivity index (χ1n) is 8.58. The molecule has 5 nitrogen and oxygen atoms in total. The summed E-state index contributed by atoms with van der Waals surface area (Å²) in [5.74, 6) is -0.0600. The molecule has 24 heavy (non-hydrogen) atoms. The van der Waals surface area contributed by atoms with Crippen LogP contribution in [0.2, 0.25) is 0 Å². The summed E-state index contributed by atoms with van der Waals surface area (Å²) in [6.45, 7) is 5.15. The van der Waals surface area contributed by atoms with E-state index in [1.54, 1.807) is 13.0 Å². The zero-order valence-electron chi connectivity index (χ0n) is 15.1. The van der Waals surface area contributed by atoms with Crippen LogP contribution in [0, 0.1) is 13.8 Å². The maximum Gasteiger partial charge on any atom is 0.253 e. The number of nitrogens with zero attached hydrogens (tertiary/aromatic N) is 2. The summed E-state index contributed by atoms with van der Waals surface area (Å²) >= 11 is 0. The first-order valence-corrected chi connectivity index (χ1v) is 10.0. The van der Waals surface area contributed by atoms with Crippen LogP contribution in [0.15, 0.2) is 17.0 Å². The minimum absolute atomic E-state index is 0.0600. The summed E-state index contributed by atoms with van der Waals surface area (Å²) in [6.07, 6.45) is 5.56. The lowest BCUT2D eigenvalue weighted by molar-refractivity contribution is 0.0742. The third-order valence-corrected chi connectivity index (χ3v) is 6.71. The molecule has 6 heteroatoms. The number of rotatable bonds is 3. The fraction of sp³-hybridized carbons (Fsp3) is 0.611. The van der Waals surface area contributed by atoms with E-state index in [1.807, 2.05) is 17.9 Å². The summed E-state index contributed by atoms with van der Waals surface area (Å²) < 4.78 is 26.3. The van der Waals surface area contributed by atoms with Crippen LogP contribution >= 0.6 is 0 Å². The van der Waals surface area contributed by atoms with E-state index in [1.165, 1.54) is 24.8 Å². The molecule has 0 spiro atoms. The van der Waals surface area contributed by atoms with E-state index in [0.717, 1.165) is 44.3 Å². The van der Waals surface area contributed by atoms with E-state index in [9.17, 15) is 13.2 Å². The molecule has 1 heterocycles. The second-order valence-electron chi connectivity index (χ2n) is 6.76. The monoisotopic (exact) mass is 352 g/mol. The first-order chi connectivity index (χ1) is 11.2. The molecular formula is C18H28N2O3S. The number of hydrogen-bond acceptors (Lipinski definition) is 3. The zero-order chi connectivity index (χ0) is 17.9. The largest absolute Gasteiger partial charge is 0.339 e. The van der Waals surface area contributed by atoms with Gasteiger partial charge in [0.05, 0.1) is 4.90 Å². The van der Waals surface area contributed by atoms with Gasteiger partial charge in [-0.25, -0.2) is 12.7 Å². The van der Waals surface area contributed by atoms with Gasteiger partial charge in [-0.3, -0.25) is 4.79 Å². The molecule has 0 unspecified atom stereocenters. The lowest BCUT2D eigenvalue weighted by Crippen LogP contribution is -2.34. The molecule has 1 amide bonds. The third-order valence-electron chi connectivity index (χ3n) is 4.77. The molecule has 0 saturated carbocycles. The van der Waals surface area contributed by atoms with E-state index in [0.29, 0.717) is 11.1 Å². The van der Waals surface area contributed by atoms with Gasteiger partial charge in [-0.15, -0.1) is 0 Å². The topological polar surface area (TPSA) is 57.7 Å². The van der Waals surface area contributed by atoms with Crippen molar-refractivity contribution in [2.75, 3.05) is 27.2 Å². The maximum absolute atomic E-state index is 12.9. The minimum atomic E-state index is -3.57. The molecule has 0 aromatic heterocycles. The van der Waals surface area contributed by atoms with Gasteiger partial charge < -0.3 is 4.90 Å². The number of sulfonamides is 1. The van der Waals surface area contributed by atoms with Crippen LogP contribution < -0.4 is 0 Å². The molecule has 1 aromatic carbocycles. The molecule has 0 radical (unpaired) electrons. The fourth-order valence-electron chi connectivity index (χ4n) is 3.05. The highest BCUT2D eigenvalue weighted by Crippen LogP contribution is 2.24. The maximum atomic E-state index is 12.9. The van der Waals surface area contributed by atoms with Gasteiger partial charge >= 0.3 is 0 Å². The van der Waals surface area contributed by atoms with Crippen LogP contribution in [0.4, 0.5) is 0 Å². The molecule has 0 bridgehead atoms. The molecule has 1 fully saturated rings. The molecule has 0 aliphatic carbocycles. The molecule has 1 aliphatic rings. The lowest BCUT2D eigenvalue weighted by Gasteiger charge is -2.25. The van der Waals surface area contributed by atoms with Crippen molar-refractivity contribution in [3.63, 3.8) is 0 Å². The van der Waals surface area contributed by atoms with Gasteiger partial charge in [0.1, 0.15) is 0 Å². The van der Waals surface area contributed by atoms with Crippen LogP contribution in [0.25, 0.3) is 0 Å². The van der Waals surface area contributed by atoms with Crippen molar-refractivity contribution in [2.45, 2.75) is 50.8 Å². The van der Waals surface area contributed by atoms with Gasteiger partial charge in [0.2, 0.25) is 10.0 Å². The summed E-state index contributed by atoms with van der Waals surface area (Å²) in [5.41, 5.74) is 2.00. The standard InChI is InChI=1S/C18H28N2O3S/c1-14-12-16(13-17(15(14)2)24(22,23)19(3)4)18(21)20-10-8-6-5-7-9-11-20/h12-13H,5-11H2,1-4H3. The Morgan fingerprint density at radius 3 is 2.08 bits per heavy atom. The van der Waals surface area contributed by atoms with E-state index >= 15 is 0 Å². The van der Waals surface area contributed by atoms with Crippen molar-refractivity contribution in [1.29, 1.82) is 0 Å². The van der Waals surface area contributed by atoms with E-state index in [-0.39, 0.29) is 10.8 Å². The summed E-state index contributed by atoms with van der Waals surface area (Å²) in [6, 6.07) is 3.35. The van der Waals surface area contributed by atoms with E-state index in [2.05, 4.69) is 0 Å². The molecular weight excluding hydrogens is 324 g/mol. The second-order valence-corrected chi connectivity index (χ2v) is 8.88. The smallest absolute Gasteiger partial charge is 0.253 e. The van der Waals surface area contributed by atoms with Crippen LogP contribution in [-0.4, -0.2) is 50.7 Å². The van der Waals surface area contributed by atoms with Crippen molar-refractivity contribution in [2.24, 2.45) is 0 Å². The SMILES string of the molecule is Cc1cc(C(=O)N2CCCCCCC2)cc(S(=O)(=O)N(C)C)c1C. The number of carbonyl (C=O) groups excluding carboxylic acids is 1. The molecule has 134 valence electrons. The van der Waals surface area contributed by atoms with Gasteiger partial charge in [0, 0.05) is 32.7 Å². The van der Waals surface area contributed by atoms with E-state index in [4.69, 9.17) is 0 Å². The molecule has 2 rings (SSSR count). The first kappa shape index (κ1) is 18.9. The van der Waals surface area contributed by atoms with Gasteiger partial charge in [-0.05, 0) is 49.9 Å². The Morgan fingerprint density at radius 2 is 1.54 bits per heavy atom. The highest BCUT2D eigenvalue weighted by Gasteiger charge is 2.24. The predicted octanol–water partition coefficient (Wildman–Crippen LogP) is 2.96. The minimum Gasteiger partial charge on any atom is -0.339 e. The Balaban J connectivity index is 2.40. The summed E-state index contributed by atoms with van der Waals surface area (Å²) in [4.78, 5) is 15.0. The number of carbonyl (C=O) groups is 1. The average molecular weight is 353 g/mol. The van der Waals surface area contributed by atoms with Crippen LogP contribution in [0.1, 0.15) is 53.6 Å². The molecule has 1 aliphatic heterocycles. The average Bonchev–Trinajstić information content (AvgIpc) is 2.48. The predicted molar refractivity (Wildman–Crippen MR) is 95.8 cm³/mol. The Morgan fingerprint density at radius 1 is 1.00 bits per heavy atom. The van der Waals surface area contributed by atoms with Gasteiger partial charge in [0.25, 0.3) is 5.91 Å². The van der Waals surface area contributed by atoms with Crippen LogP contribution in [-0.2, 0) is 10.0 Å². The number of hydrogen-bond donors (Lipinski definition) is 0. The normalized spacial score (nSPS) is 16.8. The highest BCUT2D eigenvalue weighted by atomic mass is 32.2. The quantitative estimate of drug-likeness (QED) is 0.840. The Labute approximate surface area is 145 Å². The number of aryl methyl sites for hydroxylation is 1. The lowest BCUT2D eigenvalue weighted by atomic mass is 10.0. The molecule has 1 aromatic rings. The summed E-state index contributed by atoms with van der Waals surface area (Å²) in [7, 11) is -0.546. The van der Waals surface area contributed by atoms with Crippen molar-refractivity contribution in [3.05, 3.63) is 28.8 Å².